The van der Waals surface area contributed by atoms with Crippen molar-refractivity contribution >= 4 is 23.2 Å². The Morgan fingerprint density at radius 3 is 2.59 bits per heavy atom. The minimum absolute atomic E-state index is 0.423. The molecule has 3 N–H and O–H groups in total. The third-order valence-electron chi connectivity index (χ3n) is 2.46. The van der Waals surface area contributed by atoms with E-state index in [1.54, 1.807) is 29.7 Å². The molecule has 17 heavy (non-hydrogen) atoms. The molecule has 0 aromatic heterocycles. The summed E-state index contributed by atoms with van der Waals surface area (Å²) >= 11 is 5.77. The van der Waals surface area contributed by atoms with Crippen LogP contribution in [0.1, 0.15) is 26.2 Å². The summed E-state index contributed by atoms with van der Waals surface area (Å²) in [6.07, 6.45) is 2.59. The average molecular weight is 257 g/mol. The number of unbranched alkanes of at least 4 members (excludes halogenated alkanes) is 1. The molecule has 0 aliphatic rings. The molecule has 94 valence electrons. The number of hydrogen-bond donors (Lipinski definition) is 3. The average Bonchev–Trinajstić information content (AvgIpc) is 2.36. The number of hydroxylamine groups is 1. The molecule has 5 heteroatoms. The Morgan fingerprint density at radius 1 is 1.41 bits per heavy atom. The van der Waals surface area contributed by atoms with E-state index in [1.807, 2.05) is 0 Å². The molecule has 0 spiro atoms. The van der Waals surface area contributed by atoms with Crippen LogP contribution in [0.4, 0.5) is 5.69 Å². The standard InChI is InChI=1S/C12H17ClN2O2/c1-2-3-4-11(12(16)15-17)14-10-7-5-9(13)6-8-10/h5-8,11,14,17H,2-4H2,1H3,(H,15,16). The Bertz CT molecular complexity index is 354. The van der Waals surface area contributed by atoms with E-state index in [4.69, 9.17) is 16.8 Å². The number of carbonyl (C=O) groups is 1. The fraction of sp³-hybridized carbons (Fsp3) is 0.417. The zero-order chi connectivity index (χ0) is 12.7. The predicted octanol–water partition coefficient (Wildman–Crippen LogP) is 2.82. The zero-order valence-corrected chi connectivity index (χ0v) is 10.5. The smallest absolute Gasteiger partial charge is 0.265 e. The third-order valence-corrected chi connectivity index (χ3v) is 2.71. The fourth-order valence-corrected chi connectivity index (χ4v) is 1.63. The number of carbonyl (C=O) groups excluding carboxylic acids is 1. The maximum Gasteiger partial charge on any atom is 0.265 e. The van der Waals surface area contributed by atoms with Gasteiger partial charge in [-0.15, -0.1) is 0 Å². The molecule has 0 aliphatic heterocycles. The van der Waals surface area contributed by atoms with Crippen molar-refractivity contribution in [3.8, 4) is 0 Å². The lowest BCUT2D eigenvalue weighted by atomic mass is 10.1. The first-order valence-electron chi connectivity index (χ1n) is 5.63. The summed E-state index contributed by atoms with van der Waals surface area (Å²) in [5.74, 6) is -0.423. The Balaban J connectivity index is 2.64. The molecular weight excluding hydrogens is 240 g/mol. The summed E-state index contributed by atoms with van der Waals surface area (Å²) in [5.41, 5.74) is 2.48. The van der Waals surface area contributed by atoms with Gasteiger partial charge in [0.25, 0.3) is 5.91 Å². The highest BCUT2D eigenvalue weighted by Gasteiger charge is 2.16. The molecule has 0 radical (unpaired) electrons. The summed E-state index contributed by atoms with van der Waals surface area (Å²) in [7, 11) is 0. The van der Waals surface area contributed by atoms with Crippen molar-refractivity contribution in [1.82, 2.24) is 5.48 Å². The molecule has 1 unspecified atom stereocenters. The minimum Gasteiger partial charge on any atom is -0.374 e. The Labute approximate surface area is 106 Å². The number of nitrogens with one attached hydrogen (secondary N) is 2. The van der Waals surface area contributed by atoms with Crippen molar-refractivity contribution in [2.45, 2.75) is 32.2 Å². The fourth-order valence-electron chi connectivity index (χ4n) is 1.50. The number of halogens is 1. The van der Waals surface area contributed by atoms with Gasteiger partial charge in [-0.05, 0) is 30.7 Å². The summed E-state index contributed by atoms with van der Waals surface area (Å²) in [4.78, 5) is 11.4. The highest BCUT2D eigenvalue weighted by molar-refractivity contribution is 6.30. The van der Waals surface area contributed by atoms with E-state index in [1.165, 1.54) is 0 Å². The van der Waals surface area contributed by atoms with Crippen molar-refractivity contribution in [1.29, 1.82) is 0 Å². The maximum absolute atomic E-state index is 11.4. The number of rotatable bonds is 6. The quantitative estimate of drug-likeness (QED) is 0.542. The second kappa shape index (κ2) is 7.14. The van der Waals surface area contributed by atoms with E-state index in [2.05, 4.69) is 12.2 Å². The normalized spacial score (nSPS) is 11.9. The second-order valence-electron chi connectivity index (χ2n) is 3.82. The monoisotopic (exact) mass is 256 g/mol. The van der Waals surface area contributed by atoms with Crippen LogP contribution in [0.2, 0.25) is 5.02 Å². The van der Waals surface area contributed by atoms with Crippen molar-refractivity contribution in [2.24, 2.45) is 0 Å². The van der Waals surface area contributed by atoms with Crippen molar-refractivity contribution < 1.29 is 10.0 Å². The molecule has 1 atom stereocenters. The van der Waals surface area contributed by atoms with Crippen LogP contribution in [0.15, 0.2) is 24.3 Å². The van der Waals surface area contributed by atoms with E-state index < -0.39 is 11.9 Å². The van der Waals surface area contributed by atoms with Gasteiger partial charge < -0.3 is 5.32 Å². The van der Waals surface area contributed by atoms with Crippen LogP contribution < -0.4 is 10.8 Å². The number of hydrogen-bond acceptors (Lipinski definition) is 3. The van der Waals surface area contributed by atoms with Crippen LogP contribution in [-0.2, 0) is 4.79 Å². The molecule has 0 aliphatic carbocycles. The molecule has 1 aromatic carbocycles. The molecular formula is C12H17ClN2O2. The molecule has 1 aromatic rings. The molecule has 1 amide bonds. The third kappa shape index (κ3) is 4.63. The highest BCUT2D eigenvalue weighted by Crippen LogP contribution is 2.15. The van der Waals surface area contributed by atoms with Crippen LogP contribution in [0.25, 0.3) is 0 Å². The molecule has 0 heterocycles. The van der Waals surface area contributed by atoms with Gasteiger partial charge in [-0.25, -0.2) is 5.48 Å². The van der Waals surface area contributed by atoms with E-state index >= 15 is 0 Å². The SMILES string of the molecule is CCCCC(Nc1ccc(Cl)cc1)C(=O)NO. The molecule has 0 saturated heterocycles. The van der Waals surface area contributed by atoms with Gasteiger partial charge in [0.2, 0.25) is 0 Å². The van der Waals surface area contributed by atoms with Crippen LogP contribution in [0, 0.1) is 0 Å². The first-order valence-corrected chi connectivity index (χ1v) is 6.01. The number of anilines is 1. The lowest BCUT2D eigenvalue weighted by molar-refractivity contribution is -0.130. The van der Waals surface area contributed by atoms with Gasteiger partial charge >= 0.3 is 0 Å². The molecule has 0 fully saturated rings. The Kier molecular flexibility index (Phi) is 5.80. The summed E-state index contributed by atoms with van der Waals surface area (Å²) in [6, 6.07) is 6.66. The van der Waals surface area contributed by atoms with Gasteiger partial charge in [0.1, 0.15) is 6.04 Å². The Hall–Kier alpha value is -1.26. The van der Waals surface area contributed by atoms with Crippen LogP contribution in [0.5, 0.6) is 0 Å². The number of amides is 1. The summed E-state index contributed by atoms with van der Waals surface area (Å²) in [6.45, 7) is 2.05. The molecule has 0 saturated carbocycles. The van der Waals surface area contributed by atoms with E-state index in [0.717, 1.165) is 18.5 Å². The highest BCUT2D eigenvalue weighted by atomic mass is 35.5. The van der Waals surface area contributed by atoms with Gasteiger partial charge in [-0.3, -0.25) is 10.0 Å². The van der Waals surface area contributed by atoms with E-state index in [9.17, 15) is 4.79 Å². The van der Waals surface area contributed by atoms with Crippen LogP contribution in [-0.4, -0.2) is 17.2 Å². The maximum atomic E-state index is 11.4. The Morgan fingerprint density at radius 2 is 2.06 bits per heavy atom. The van der Waals surface area contributed by atoms with Gasteiger partial charge in [0, 0.05) is 10.7 Å². The summed E-state index contributed by atoms with van der Waals surface area (Å²) < 4.78 is 0. The van der Waals surface area contributed by atoms with Gasteiger partial charge in [-0.1, -0.05) is 31.4 Å². The van der Waals surface area contributed by atoms with Gasteiger partial charge in [-0.2, -0.15) is 0 Å². The lowest BCUT2D eigenvalue weighted by Crippen LogP contribution is -2.38. The van der Waals surface area contributed by atoms with Crippen LogP contribution in [0.3, 0.4) is 0 Å². The summed E-state index contributed by atoms with van der Waals surface area (Å²) in [5, 5.41) is 12.4. The number of benzene rings is 1. The molecule has 4 nitrogen and oxygen atoms in total. The van der Waals surface area contributed by atoms with Crippen molar-refractivity contribution in [3.05, 3.63) is 29.3 Å². The minimum atomic E-state index is -0.430. The predicted molar refractivity (Wildman–Crippen MR) is 68.3 cm³/mol. The van der Waals surface area contributed by atoms with E-state index in [0.29, 0.717) is 11.4 Å². The largest absolute Gasteiger partial charge is 0.374 e. The zero-order valence-electron chi connectivity index (χ0n) is 9.74. The molecule has 1 rings (SSSR count). The first kappa shape index (κ1) is 13.8. The molecule has 0 bridgehead atoms. The van der Waals surface area contributed by atoms with Crippen molar-refractivity contribution in [3.63, 3.8) is 0 Å². The topological polar surface area (TPSA) is 61.4 Å². The van der Waals surface area contributed by atoms with Crippen molar-refractivity contribution in [2.75, 3.05) is 5.32 Å². The van der Waals surface area contributed by atoms with Gasteiger partial charge in [0.15, 0.2) is 0 Å². The van der Waals surface area contributed by atoms with E-state index in [-0.39, 0.29) is 0 Å². The first-order chi connectivity index (χ1) is 8.17. The van der Waals surface area contributed by atoms with Gasteiger partial charge in [0.05, 0.1) is 0 Å². The second-order valence-corrected chi connectivity index (χ2v) is 4.26. The lowest BCUT2D eigenvalue weighted by Gasteiger charge is -2.17. The van der Waals surface area contributed by atoms with Crippen LogP contribution >= 0.6 is 11.6 Å².